The van der Waals surface area contributed by atoms with Crippen LogP contribution >= 0.6 is 11.6 Å². The van der Waals surface area contributed by atoms with Gasteiger partial charge in [0.15, 0.2) is 5.82 Å². The molecule has 0 amide bonds. The van der Waals surface area contributed by atoms with E-state index >= 15 is 0 Å². The van der Waals surface area contributed by atoms with E-state index < -0.39 is 0 Å². The minimum Gasteiger partial charge on any atom is -0.351 e. The van der Waals surface area contributed by atoms with Gasteiger partial charge in [0.1, 0.15) is 0 Å². The van der Waals surface area contributed by atoms with Gasteiger partial charge in [0.2, 0.25) is 0 Å². The molecule has 1 aliphatic heterocycles. The van der Waals surface area contributed by atoms with Gasteiger partial charge in [-0.2, -0.15) is 0 Å². The van der Waals surface area contributed by atoms with E-state index in [9.17, 15) is 4.79 Å². The highest BCUT2D eigenvalue weighted by Gasteiger charge is 2.21. The summed E-state index contributed by atoms with van der Waals surface area (Å²) in [5.74, 6) is 0.548. The van der Waals surface area contributed by atoms with Gasteiger partial charge in [-0.05, 0) is 19.3 Å². The van der Waals surface area contributed by atoms with Crippen LogP contribution in [0.1, 0.15) is 26.2 Å². The summed E-state index contributed by atoms with van der Waals surface area (Å²) in [6.07, 6.45) is 6.44. The average Bonchev–Trinajstić information content (AvgIpc) is 2.32. The SMILES string of the molecule is CCCn1ccnc(N2CCCC(Cl)C2)c1=O. The quantitative estimate of drug-likeness (QED) is 0.774. The van der Waals surface area contributed by atoms with Crippen molar-refractivity contribution in [1.29, 1.82) is 0 Å². The maximum atomic E-state index is 12.2. The number of nitrogens with zero attached hydrogens (tertiary/aromatic N) is 3. The summed E-state index contributed by atoms with van der Waals surface area (Å²) in [6, 6.07) is 0. The molecule has 0 spiro atoms. The molecule has 1 atom stereocenters. The van der Waals surface area contributed by atoms with Crippen molar-refractivity contribution in [1.82, 2.24) is 9.55 Å². The summed E-state index contributed by atoms with van der Waals surface area (Å²) in [5, 5.41) is 0.129. The Morgan fingerprint density at radius 3 is 3.12 bits per heavy atom. The van der Waals surface area contributed by atoms with Gasteiger partial charge < -0.3 is 9.47 Å². The van der Waals surface area contributed by atoms with E-state index in [1.807, 2.05) is 4.90 Å². The Hall–Kier alpha value is -1.03. The fraction of sp³-hybridized carbons (Fsp3) is 0.667. The number of alkyl halides is 1. The van der Waals surface area contributed by atoms with Gasteiger partial charge in [-0.15, -0.1) is 11.6 Å². The Bertz CT molecular complexity index is 432. The van der Waals surface area contributed by atoms with Crippen LogP contribution in [0.4, 0.5) is 5.82 Å². The summed E-state index contributed by atoms with van der Waals surface area (Å²) in [7, 11) is 0. The maximum Gasteiger partial charge on any atom is 0.293 e. The highest BCUT2D eigenvalue weighted by atomic mass is 35.5. The van der Waals surface area contributed by atoms with Crippen LogP contribution in [-0.4, -0.2) is 28.0 Å². The molecular formula is C12H18ClN3O. The van der Waals surface area contributed by atoms with Crippen LogP contribution < -0.4 is 10.5 Å². The second-order valence-corrected chi connectivity index (χ2v) is 5.05. The minimum absolute atomic E-state index is 0.000108. The Kier molecular flexibility index (Phi) is 4.05. The fourth-order valence-electron chi connectivity index (χ4n) is 2.19. The monoisotopic (exact) mass is 255 g/mol. The van der Waals surface area contributed by atoms with Crippen molar-refractivity contribution in [2.45, 2.75) is 38.1 Å². The normalized spacial score (nSPS) is 20.6. The third-order valence-corrected chi connectivity index (χ3v) is 3.38. The van der Waals surface area contributed by atoms with Crippen LogP contribution in [0.5, 0.6) is 0 Å². The Balaban J connectivity index is 2.25. The van der Waals surface area contributed by atoms with Crippen molar-refractivity contribution in [3.05, 3.63) is 22.7 Å². The molecule has 0 saturated carbocycles. The molecule has 0 aromatic carbocycles. The van der Waals surface area contributed by atoms with E-state index in [0.717, 1.165) is 38.9 Å². The number of hydrogen-bond donors (Lipinski definition) is 0. The van der Waals surface area contributed by atoms with Crippen molar-refractivity contribution in [3.63, 3.8) is 0 Å². The van der Waals surface area contributed by atoms with Crippen molar-refractivity contribution in [2.24, 2.45) is 0 Å². The number of aromatic nitrogens is 2. The Morgan fingerprint density at radius 2 is 2.41 bits per heavy atom. The van der Waals surface area contributed by atoms with Crippen LogP contribution in [0.3, 0.4) is 0 Å². The molecule has 1 aromatic heterocycles. The molecule has 1 saturated heterocycles. The summed E-state index contributed by atoms with van der Waals surface area (Å²) >= 11 is 6.14. The molecule has 1 aromatic rings. The van der Waals surface area contributed by atoms with E-state index in [1.165, 1.54) is 0 Å². The number of halogens is 1. The van der Waals surface area contributed by atoms with E-state index in [4.69, 9.17) is 11.6 Å². The Morgan fingerprint density at radius 1 is 1.59 bits per heavy atom. The third kappa shape index (κ3) is 2.80. The van der Waals surface area contributed by atoms with Gasteiger partial charge in [0.25, 0.3) is 5.56 Å². The molecule has 4 nitrogen and oxygen atoms in total. The number of hydrogen-bond acceptors (Lipinski definition) is 3. The second-order valence-electron chi connectivity index (χ2n) is 4.43. The summed E-state index contributed by atoms with van der Waals surface area (Å²) in [6.45, 7) is 4.40. The fourth-order valence-corrected chi connectivity index (χ4v) is 2.51. The molecule has 0 bridgehead atoms. The van der Waals surface area contributed by atoms with Crippen molar-refractivity contribution >= 4 is 17.4 Å². The first-order valence-corrected chi connectivity index (χ1v) is 6.60. The van der Waals surface area contributed by atoms with Gasteiger partial charge >= 0.3 is 0 Å². The average molecular weight is 256 g/mol. The number of rotatable bonds is 3. The molecule has 0 N–H and O–H groups in total. The molecule has 2 rings (SSSR count). The number of aryl methyl sites for hydroxylation is 1. The molecule has 0 radical (unpaired) electrons. The topological polar surface area (TPSA) is 38.1 Å². The Labute approximate surface area is 106 Å². The first-order chi connectivity index (χ1) is 8.22. The standard InChI is InChI=1S/C12H18ClN3O/c1-2-6-15-8-5-14-11(12(15)17)16-7-3-4-10(13)9-16/h5,8,10H,2-4,6-7,9H2,1H3. The predicted octanol–water partition coefficient (Wildman–Crippen LogP) is 1.86. The molecule has 1 fully saturated rings. The lowest BCUT2D eigenvalue weighted by Gasteiger charge is -2.30. The first kappa shape index (κ1) is 12.4. The zero-order valence-electron chi connectivity index (χ0n) is 10.1. The minimum atomic E-state index is 0.000108. The highest BCUT2D eigenvalue weighted by molar-refractivity contribution is 6.21. The van der Waals surface area contributed by atoms with E-state index in [0.29, 0.717) is 5.82 Å². The van der Waals surface area contributed by atoms with Crippen LogP contribution in [0, 0.1) is 0 Å². The molecule has 1 unspecified atom stereocenters. The number of piperidine rings is 1. The van der Waals surface area contributed by atoms with E-state index in [1.54, 1.807) is 17.0 Å². The summed E-state index contributed by atoms with van der Waals surface area (Å²) < 4.78 is 1.72. The highest BCUT2D eigenvalue weighted by Crippen LogP contribution is 2.18. The van der Waals surface area contributed by atoms with Crippen LogP contribution in [0.15, 0.2) is 17.2 Å². The molecule has 2 heterocycles. The lowest BCUT2D eigenvalue weighted by Crippen LogP contribution is -2.40. The largest absolute Gasteiger partial charge is 0.351 e. The maximum absolute atomic E-state index is 12.2. The number of anilines is 1. The zero-order valence-corrected chi connectivity index (χ0v) is 10.9. The molecule has 5 heteroatoms. The molecule has 0 aliphatic carbocycles. The summed E-state index contributed by atoms with van der Waals surface area (Å²) in [5.41, 5.74) is 0.000108. The van der Waals surface area contributed by atoms with Crippen LogP contribution in [0.25, 0.3) is 0 Å². The lowest BCUT2D eigenvalue weighted by atomic mass is 10.1. The van der Waals surface area contributed by atoms with Crippen LogP contribution in [-0.2, 0) is 6.54 Å². The lowest BCUT2D eigenvalue weighted by molar-refractivity contribution is 0.569. The van der Waals surface area contributed by atoms with Crippen molar-refractivity contribution in [2.75, 3.05) is 18.0 Å². The van der Waals surface area contributed by atoms with Gasteiger partial charge in [-0.1, -0.05) is 6.92 Å². The van der Waals surface area contributed by atoms with Gasteiger partial charge in [-0.25, -0.2) is 4.98 Å². The summed E-state index contributed by atoms with van der Waals surface area (Å²) in [4.78, 5) is 18.4. The van der Waals surface area contributed by atoms with Gasteiger partial charge in [0, 0.05) is 32.0 Å². The second kappa shape index (κ2) is 5.54. The molecule has 17 heavy (non-hydrogen) atoms. The third-order valence-electron chi connectivity index (χ3n) is 3.02. The molecule has 94 valence electrons. The smallest absolute Gasteiger partial charge is 0.293 e. The van der Waals surface area contributed by atoms with Crippen molar-refractivity contribution in [3.8, 4) is 0 Å². The van der Waals surface area contributed by atoms with E-state index in [-0.39, 0.29) is 10.9 Å². The zero-order chi connectivity index (χ0) is 12.3. The van der Waals surface area contributed by atoms with Gasteiger partial charge in [0.05, 0.1) is 5.38 Å². The van der Waals surface area contributed by atoms with Gasteiger partial charge in [-0.3, -0.25) is 4.79 Å². The van der Waals surface area contributed by atoms with E-state index in [2.05, 4.69) is 11.9 Å². The molecular weight excluding hydrogens is 238 g/mol. The first-order valence-electron chi connectivity index (χ1n) is 6.17. The molecule has 1 aliphatic rings. The van der Waals surface area contributed by atoms with Crippen molar-refractivity contribution < 1.29 is 0 Å². The van der Waals surface area contributed by atoms with Crippen LogP contribution in [0.2, 0.25) is 0 Å². The predicted molar refractivity (Wildman–Crippen MR) is 69.9 cm³/mol.